The molecule has 0 saturated carbocycles. The second-order valence-electron chi connectivity index (χ2n) is 3.65. The highest BCUT2D eigenvalue weighted by Crippen LogP contribution is 2.17. The van der Waals surface area contributed by atoms with Crippen molar-refractivity contribution in [3.8, 4) is 0 Å². The number of hydrogen-bond donors (Lipinski definition) is 1. The average molecular weight is 223 g/mol. The molecule has 1 aliphatic carbocycles. The Morgan fingerprint density at radius 1 is 1.33 bits per heavy atom. The van der Waals surface area contributed by atoms with Gasteiger partial charge in [0.15, 0.2) is 0 Å². The van der Waals surface area contributed by atoms with Gasteiger partial charge in [-0.1, -0.05) is 12.2 Å². The fraction of sp³-hybridized carbons (Fsp3) is 0.800. The molecule has 0 fully saturated rings. The molecule has 0 aromatic rings. The second kappa shape index (κ2) is 6.12. The van der Waals surface area contributed by atoms with Crippen LogP contribution in [-0.2, 0) is 4.74 Å². The van der Waals surface area contributed by atoms with Crippen molar-refractivity contribution < 1.29 is 17.9 Å². The van der Waals surface area contributed by atoms with E-state index in [9.17, 15) is 13.2 Å². The molecule has 1 atom stereocenters. The van der Waals surface area contributed by atoms with Crippen molar-refractivity contribution in [2.75, 3.05) is 19.7 Å². The summed E-state index contributed by atoms with van der Waals surface area (Å²) in [4.78, 5) is 0. The Labute approximate surface area is 87.5 Å². The Kier molecular flexibility index (Phi) is 5.11. The van der Waals surface area contributed by atoms with E-state index in [-0.39, 0.29) is 13.2 Å². The van der Waals surface area contributed by atoms with Crippen molar-refractivity contribution in [3.63, 3.8) is 0 Å². The van der Waals surface area contributed by atoms with Gasteiger partial charge in [-0.3, -0.25) is 4.74 Å². The molecule has 0 heterocycles. The molecule has 1 rings (SSSR count). The summed E-state index contributed by atoms with van der Waals surface area (Å²) in [6.07, 6.45) is 2.97. The lowest BCUT2D eigenvalue weighted by Gasteiger charge is -2.18. The molecule has 2 nitrogen and oxygen atoms in total. The smallest absolute Gasteiger partial charge is 0.314 e. The van der Waals surface area contributed by atoms with Gasteiger partial charge in [0.1, 0.15) is 0 Å². The van der Waals surface area contributed by atoms with Crippen molar-refractivity contribution >= 4 is 0 Å². The summed E-state index contributed by atoms with van der Waals surface area (Å²) >= 11 is 0. The maximum atomic E-state index is 11.6. The molecule has 0 aromatic carbocycles. The summed E-state index contributed by atoms with van der Waals surface area (Å²) in [6.45, 7) is 0.706. The lowest BCUT2D eigenvalue weighted by molar-refractivity contribution is -0.323. The van der Waals surface area contributed by atoms with E-state index in [1.165, 1.54) is 0 Å². The molecule has 0 saturated heterocycles. The summed E-state index contributed by atoms with van der Waals surface area (Å²) in [5, 5.41) is 2.97. The first kappa shape index (κ1) is 12.5. The zero-order chi connectivity index (χ0) is 11.1. The zero-order valence-corrected chi connectivity index (χ0v) is 8.52. The third-order valence-corrected chi connectivity index (χ3v) is 2.36. The third-order valence-electron chi connectivity index (χ3n) is 2.36. The van der Waals surface area contributed by atoms with E-state index in [0.717, 1.165) is 25.8 Å². The van der Waals surface area contributed by atoms with E-state index in [0.29, 0.717) is 5.92 Å². The molecule has 0 bridgehead atoms. The molecule has 1 unspecified atom stereocenters. The van der Waals surface area contributed by atoms with Crippen LogP contribution in [0.4, 0.5) is 13.2 Å². The van der Waals surface area contributed by atoms with Crippen LogP contribution < -0.4 is 5.32 Å². The van der Waals surface area contributed by atoms with Crippen molar-refractivity contribution in [3.05, 3.63) is 12.2 Å². The lowest BCUT2D eigenvalue weighted by atomic mass is 9.94. The lowest BCUT2D eigenvalue weighted by Crippen LogP contribution is -2.28. The number of hydrogen-bond acceptors (Lipinski definition) is 2. The molecule has 5 heteroatoms. The van der Waals surface area contributed by atoms with Gasteiger partial charge in [-0.05, 0) is 31.7 Å². The molecule has 15 heavy (non-hydrogen) atoms. The molecular formula is C10H16F3NO. The SMILES string of the molecule is FC(F)(F)OCCNCC1CC=CCC1. The summed E-state index contributed by atoms with van der Waals surface area (Å²) in [5.41, 5.74) is 0. The van der Waals surface area contributed by atoms with Gasteiger partial charge in [0.25, 0.3) is 0 Å². The van der Waals surface area contributed by atoms with Crippen LogP contribution >= 0.6 is 0 Å². The van der Waals surface area contributed by atoms with Crippen LogP contribution in [0.2, 0.25) is 0 Å². The minimum Gasteiger partial charge on any atom is -0.314 e. The quantitative estimate of drug-likeness (QED) is 0.571. The minimum absolute atomic E-state index is 0.250. The van der Waals surface area contributed by atoms with Gasteiger partial charge in [-0.15, -0.1) is 13.2 Å². The number of alkyl halides is 3. The first-order chi connectivity index (χ1) is 7.08. The summed E-state index contributed by atoms with van der Waals surface area (Å²) < 4.78 is 38.4. The van der Waals surface area contributed by atoms with Gasteiger partial charge < -0.3 is 5.32 Å². The molecule has 1 N–H and O–H groups in total. The van der Waals surface area contributed by atoms with E-state index in [1.807, 2.05) is 0 Å². The predicted molar refractivity (Wildman–Crippen MR) is 51.4 cm³/mol. The Bertz CT molecular complexity index is 203. The van der Waals surface area contributed by atoms with E-state index < -0.39 is 6.36 Å². The topological polar surface area (TPSA) is 21.3 Å². The molecular weight excluding hydrogens is 207 g/mol. The van der Waals surface area contributed by atoms with Gasteiger partial charge >= 0.3 is 6.36 Å². The number of halogens is 3. The highest BCUT2D eigenvalue weighted by molar-refractivity contribution is 4.90. The molecule has 1 aliphatic rings. The van der Waals surface area contributed by atoms with Gasteiger partial charge in [-0.2, -0.15) is 0 Å². The van der Waals surface area contributed by atoms with E-state index in [4.69, 9.17) is 0 Å². The Balaban J connectivity index is 1.95. The van der Waals surface area contributed by atoms with Crippen molar-refractivity contribution in [2.45, 2.75) is 25.6 Å². The van der Waals surface area contributed by atoms with Crippen LogP contribution in [0, 0.1) is 5.92 Å². The molecule has 0 spiro atoms. The predicted octanol–water partition coefficient (Wildman–Crippen LogP) is 2.47. The first-order valence-electron chi connectivity index (χ1n) is 5.14. The van der Waals surface area contributed by atoms with E-state index >= 15 is 0 Å². The fourth-order valence-electron chi connectivity index (χ4n) is 1.59. The number of rotatable bonds is 5. The fourth-order valence-corrected chi connectivity index (χ4v) is 1.59. The molecule has 88 valence electrons. The van der Waals surface area contributed by atoms with Crippen LogP contribution in [0.3, 0.4) is 0 Å². The van der Waals surface area contributed by atoms with E-state index in [2.05, 4.69) is 22.2 Å². The Morgan fingerprint density at radius 2 is 2.13 bits per heavy atom. The van der Waals surface area contributed by atoms with Crippen LogP contribution in [0.15, 0.2) is 12.2 Å². The van der Waals surface area contributed by atoms with Crippen LogP contribution in [0.1, 0.15) is 19.3 Å². The molecule has 0 amide bonds. The molecule has 0 aliphatic heterocycles. The molecule has 0 radical (unpaired) electrons. The maximum absolute atomic E-state index is 11.6. The highest BCUT2D eigenvalue weighted by atomic mass is 19.4. The summed E-state index contributed by atoms with van der Waals surface area (Å²) in [6, 6.07) is 0. The number of ether oxygens (including phenoxy) is 1. The second-order valence-corrected chi connectivity index (χ2v) is 3.65. The zero-order valence-electron chi connectivity index (χ0n) is 8.52. The van der Waals surface area contributed by atoms with Gasteiger partial charge in [0, 0.05) is 6.54 Å². The van der Waals surface area contributed by atoms with Gasteiger partial charge in [0.05, 0.1) is 6.61 Å². The number of allylic oxidation sites excluding steroid dienone is 2. The largest absolute Gasteiger partial charge is 0.522 e. The number of nitrogens with one attached hydrogen (secondary N) is 1. The highest BCUT2D eigenvalue weighted by Gasteiger charge is 2.28. The van der Waals surface area contributed by atoms with Crippen molar-refractivity contribution in [1.82, 2.24) is 5.32 Å². The first-order valence-corrected chi connectivity index (χ1v) is 5.14. The average Bonchev–Trinajstić information content (AvgIpc) is 2.17. The normalized spacial score (nSPS) is 21.9. The monoisotopic (exact) mass is 223 g/mol. The van der Waals surface area contributed by atoms with Gasteiger partial charge in [0.2, 0.25) is 0 Å². The van der Waals surface area contributed by atoms with Crippen LogP contribution in [0.25, 0.3) is 0 Å². The Hall–Kier alpha value is -0.550. The summed E-state index contributed by atoms with van der Waals surface area (Å²) in [7, 11) is 0. The van der Waals surface area contributed by atoms with Crippen molar-refractivity contribution in [1.29, 1.82) is 0 Å². The van der Waals surface area contributed by atoms with Crippen molar-refractivity contribution in [2.24, 2.45) is 5.92 Å². The maximum Gasteiger partial charge on any atom is 0.522 e. The summed E-state index contributed by atoms with van der Waals surface area (Å²) in [5.74, 6) is 0.556. The third kappa shape index (κ3) is 6.52. The molecule has 0 aromatic heterocycles. The van der Waals surface area contributed by atoms with Crippen LogP contribution in [0.5, 0.6) is 0 Å². The van der Waals surface area contributed by atoms with Crippen LogP contribution in [-0.4, -0.2) is 26.1 Å². The Morgan fingerprint density at radius 3 is 2.73 bits per heavy atom. The van der Waals surface area contributed by atoms with Gasteiger partial charge in [-0.25, -0.2) is 0 Å². The standard InChI is InChI=1S/C10H16F3NO/c11-10(12,13)15-7-6-14-8-9-4-2-1-3-5-9/h1-2,9,14H,3-8H2. The minimum atomic E-state index is -4.50. The van der Waals surface area contributed by atoms with E-state index in [1.54, 1.807) is 0 Å².